The normalized spacial score (nSPS) is 21.4. The maximum atomic E-state index is 12.5. The molecule has 1 aromatic heterocycles. The third-order valence-corrected chi connectivity index (χ3v) is 6.63. The number of nitrogens with one attached hydrogen (secondary N) is 3. The minimum Gasteiger partial charge on any atom is -0.487 e. The van der Waals surface area contributed by atoms with E-state index in [9.17, 15) is 9.59 Å². The second-order valence-electron chi connectivity index (χ2n) is 8.68. The van der Waals surface area contributed by atoms with Crippen LogP contribution in [0.2, 0.25) is 5.02 Å². The Labute approximate surface area is 200 Å². The van der Waals surface area contributed by atoms with Crippen LogP contribution in [0.5, 0.6) is 17.2 Å². The molecule has 3 amide bonds. The van der Waals surface area contributed by atoms with Crippen LogP contribution >= 0.6 is 11.6 Å². The Kier molecular flexibility index (Phi) is 4.84. The number of amides is 3. The van der Waals surface area contributed by atoms with Gasteiger partial charge in [-0.15, -0.1) is 0 Å². The van der Waals surface area contributed by atoms with Crippen molar-refractivity contribution in [1.29, 1.82) is 0 Å². The zero-order valence-electron chi connectivity index (χ0n) is 18.2. The third-order valence-electron chi connectivity index (χ3n) is 6.39. The van der Waals surface area contributed by atoms with Gasteiger partial charge >= 0.3 is 6.03 Å². The predicted molar refractivity (Wildman–Crippen MR) is 127 cm³/mol. The molecular weight excluding hydrogens is 456 g/mol. The van der Waals surface area contributed by atoms with Gasteiger partial charge in [0.2, 0.25) is 5.91 Å². The highest BCUT2D eigenvalue weighted by molar-refractivity contribution is 6.30. The number of aromatic nitrogens is 1. The molecule has 3 heterocycles. The quantitative estimate of drug-likeness (QED) is 0.503. The van der Waals surface area contributed by atoms with Gasteiger partial charge in [0.05, 0.1) is 12.0 Å². The van der Waals surface area contributed by atoms with Gasteiger partial charge in [-0.05, 0) is 61.4 Å². The highest BCUT2D eigenvalue weighted by Crippen LogP contribution is 2.54. The summed E-state index contributed by atoms with van der Waals surface area (Å²) in [6, 6.07) is 12.4. The minimum absolute atomic E-state index is 0.0413. The third kappa shape index (κ3) is 3.70. The number of urea groups is 1. The molecule has 6 rings (SSSR count). The van der Waals surface area contributed by atoms with E-state index in [1.807, 2.05) is 25.1 Å². The fraction of sp³-hybridized carbons (Fsp3) is 0.240. The second kappa shape index (κ2) is 7.92. The summed E-state index contributed by atoms with van der Waals surface area (Å²) < 4.78 is 12.2. The molecule has 2 aliphatic heterocycles. The summed E-state index contributed by atoms with van der Waals surface area (Å²) in [5.41, 5.74) is 3.49. The Morgan fingerprint density at radius 1 is 1.21 bits per heavy atom. The first kappa shape index (κ1) is 20.8. The molecule has 1 saturated carbocycles. The number of halogens is 1. The molecule has 34 heavy (non-hydrogen) atoms. The monoisotopic (exact) mass is 476 g/mol. The zero-order valence-corrected chi connectivity index (χ0v) is 19.0. The van der Waals surface area contributed by atoms with E-state index in [4.69, 9.17) is 21.1 Å². The van der Waals surface area contributed by atoms with Crippen LogP contribution in [-0.4, -0.2) is 29.1 Å². The van der Waals surface area contributed by atoms with E-state index in [1.54, 1.807) is 30.5 Å². The summed E-state index contributed by atoms with van der Waals surface area (Å²) in [5.74, 6) is 2.72. The lowest BCUT2D eigenvalue weighted by atomic mass is 10.1. The molecule has 0 spiro atoms. The lowest BCUT2D eigenvalue weighted by Crippen LogP contribution is -2.34. The molecule has 9 heteroatoms. The van der Waals surface area contributed by atoms with Crippen molar-refractivity contribution in [3.63, 3.8) is 0 Å². The molecule has 0 saturated heterocycles. The molecule has 8 nitrogen and oxygen atoms in total. The van der Waals surface area contributed by atoms with Crippen LogP contribution in [0.25, 0.3) is 0 Å². The fourth-order valence-corrected chi connectivity index (χ4v) is 4.86. The van der Waals surface area contributed by atoms with E-state index in [2.05, 4.69) is 20.9 Å². The SMILES string of the molecule is Cc1cc(Cl)ccc1NC(=O)N[C@@H]1[C@H]2Oc3ccc(Oc4ccnc5c4CCC(=O)N5)cc3[C@@H]12. The Bertz CT molecular complexity index is 1340. The highest BCUT2D eigenvalue weighted by atomic mass is 35.5. The van der Waals surface area contributed by atoms with Crippen LogP contribution in [0, 0.1) is 6.92 Å². The molecule has 0 radical (unpaired) electrons. The molecule has 2 aromatic carbocycles. The van der Waals surface area contributed by atoms with E-state index < -0.39 is 0 Å². The van der Waals surface area contributed by atoms with Crippen LogP contribution in [0.1, 0.15) is 29.0 Å². The van der Waals surface area contributed by atoms with E-state index in [0.717, 1.165) is 22.4 Å². The molecule has 1 aliphatic carbocycles. The van der Waals surface area contributed by atoms with Crippen LogP contribution in [-0.2, 0) is 11.2 Å². The van der Waals surface area contributed by atoms with Gasteiger partial charge in [-0.2, -0.15) is 0 Å². The smallest absolute Gasteiger partial charge is 0.319 e. The number of fused-ring (bicyclic) bond motifs is 4. The van der Waals surface area contributed by atoms with E-state index in [0.29, 0.717) is 40.9 Å². The number of pyridine rings is 1. The predicted octanol–water partition coefficient (Wildman–Crippen LogP) is 4.77. The number of carbonyl (C=O) groups excluding carboxylic acids is 2. The molecule has 3 N–H and O–H groups in total. The van der Waals surface area contributed by atoms with Crippen molar-refractivity contribution in [3.8, 4) is 17.2 Å². The molecule has 3 atom stereocenters. The molecule has 3 aromatic rings. The number of aryl methyl sites for hydroxylation is 1. The number of anilines is 2. The Hall–Kier alpha value is -3.78. The van der Waals surface area contributed by atoms with Crippen LogP contribution in [0.15, 0.2) is 48.7 Å². The molecule has 0 unspecified atom stereocenters. The maximum Gasteiger partial charge on any atom is 0.319 e. The van der Waals surface area contributed by atoms with E-state index >= 15 is 0 Å². The second-order valence-corrected chi connectivity index (χ2v) is 9.11. The average Bonchev–Trinajstić information content (AvgIpc) is 3.32. The first-order valence-electron chi connectivity index (χ1n) is 11.1. The van der Waals surface area contributed by atoms with Crippen molar-refractivity contribution in [2.75, 3.05) is 10.6 Å². The Balaban J connectivity index is 1.15. The summed E-state index contributed by atoms with van der Waals surface area (Å²) in [7, 11) is 0. The molecule has 1 fully saturated rings. The van der Waals surface area contributed by atoms with Crippen molar-refractivity contribution < 1.29 is 19.1 Å². The average molecular weight is 477 g/mol. The van der Waals surface area contributed by atoms with Crippen molar-refractivity contribution in [3.05, 3.63) is 70.4 Å². The number of hydrogen-bond donors (Lipinski definition) is 3. The summed E-state index contributed by atoms with van der Waals surface area (Å²) >= 11 is 5.99. The van der Waals surface area contributed by atoms with Gasteiger partial charge in [0.25, 0.3) is 0 Å². The number of rotatable bonds is 4. The van der Waals surface area contributed by atoms with Gasteiger partial charge in [0, 0.05) is 34.5 Å². The van der Waals surface area contributed by atoms with Gasteiger partial charge in [0.15, 0.2) is 0 Å². The number of nitrogens with zero attached hydrogens (tertiary/aromatic N) is 1. The van der Waals surface area contributed by atoms with Gasteiger partial charge < -0.3 is 25.4 Å². The van der Waals surface area contributed by atoms with E-state index in [1.165, 1.54) is 0 Å². The summed E-state index contributed by atoms with van der Waals surface area (Å²) in [6.07, 6.45) is 2.51. The van der Waals surface area contributed by atoms with Crippen LogP contribution in [0.4, 0.5) is 16.3 Å². The Morgan fingerprint density at radius 3 is 2.94 bits per heavy atom. The lowest BCUT2D eigenvalue weighted by Gasteiger charge is -2.19. The van der Waals surface area contributed by atoms with Gasteiger partial charge in [-0.25, -0.2) is 9.78 Å². The van der Waals surface area contributed by atoms with Gasteiger partial charge in [-0.3, -0.25) is 4.79 Å². The summed E-state index contributed by atoms with van der Waals surface area (Å²) in [5, 5.41) is 9.29. The van der Waals surface area contributed by atoms with Crippen molar-refractivity contribution >= 4 is 35.0 Å². The standard InChI is InChI=1S/C25H21ClN4O4/c1-12-10-13(26)2-5-17(12)28-25(32)30-22-21-16-11-14(3-6-18(16)34-23(21)22)33-19-8-9-27-24-15(19)4-7-20(31)29-24/h2-3,5-6,8-11,21-23H,4,7H2,1H3,(H,27,29,31)(H2,28,30,32)/t21-,22-,23-/m0/s1. The number of benzene rings is 2. The maximum absolute atomic E-state index is 12.5. The topological polar surface area (TPSA) is 102 Å². The number of carbonyl (C=O) groups is 2. The molecule has 172 valence electrons. The lowest BCUT2D eigenvalue weighted by molar-refractivity contribution is -0.116. The molecule has 0 bridgehead atoms. The van der Waals surface area contributed by atoms with Crippen LogP contribution in [0.3, 0.4) is 0 Å². The molecular formula is C25H21ClN4O4. The van der Waals surface area contributed by atoms with E-state index in [-0.39, 0.29) is 30.0 Å². The summed E-state index contributed by atoms with van der Waals surface area (Å²) in [4.78, 5) is 28.4. The fourth-order valence-electron chi connectivity index (χ4n) is 4.63. The van der Waals surface area contributed by atoms with Crippen LogP contribution < -0.4 is 25.4 Å². The molecule has 3 aliphatic rings. The zero-order chi connectivity index (χ0) is 23.4. The number of ether oxygens (including phenoxy) is 2. The van der Waals surface area contributed by atoms with Crippen molar-refractivity contribution in [1.82, 2.24) is 10.3 Å². The van der Waals surface area contributed by atoms with Crippen molar-refractivity contribution in [2.45, 2.75) is 37.8 Å². The summed E-state index contributed by atoms with van der Waals surface area (Å²) in [6.45, 7) is 1.89. The van der Waals surface area contributed by atoms with Gasteiger partial charge in [-0.1, -0.05) is 11.6 Å². The largest absolute Gasteiger partial charge is 0.487 e. The van der Waals surface area contributed by atoms with Gasteiger partial charge in [0.1, 0.15) is 29.2 Å². The highest BCUT2D eigenvalue weighted by Gasteiger charge is 2.59. The first-order valence-corrected chi connectivity index (χ1v) is 11.4. The van der Waals surface area contributed by atoms with Crippen molar-refractivity contribution in [2.24, 2.45) is 0 Å². The number of hydrogen-bond acceptors (Lipinski definition) is 5. The first-order chi connectivity index (χ1) is 16.5. The minimum atomic E-state index is -0.284. The Morgan fingerprint density at radius 2 is 2.09 bits per heavy atom.